The Bertz CT molecular complexity index is 420. The highest BCUT2D eigenvalue weighted by Gasteiger charge is 2.48. The van der Waals surface area contributed by atoms with Gasteiger partial charge in [-0.2, -0.15) is 26.3 Å². The zero-order valence-corrected chi connectivity index (χ0v) is 9.36. The van der Waals surface area contributed by atoms with E-state index in [-0.39, 0.29) is 18.5 Å². The van der Waals surface area contributed by atoms with E-state index in [2.05, 4.69) is 0 Å². The van der Waals surface area contributed by atoms with E-state index in [1.165, 1.54) is 0 Å². The van der Waals surface area contributed by atoms with Crippen molar-refractivity contribution in [3.8, 4) is 0 Å². The van der Waals surface area contributed by atoms with Gasteiger partial charge < -0.3 is 10.2 Å². The Balaban J connectivity index is 0. The SMILES string of the molecule is Cl.O=C(O)C=CC(=C(C(=O)O)C(F)(F)F)C(F)(F)F. The van der Waals surface area contributed by atoms with Crippen LogP contribution in [-0.2, 0) is 9.59 Å². The zero-order valence-electron chi connectivity index (χ0n) is 8.54. The highest BCUT2D eigenvalue weighted by atomic mass is 35.5. The molecule has 0 bridgehead atoms. The maximum atomic E-state index is 12.2. The van der Waals surface area contributed by atoms with E-state index in [1.807, 2.05) is 0 Å². The van der Waals surface area contributed by atoms with Gasteiger partial charge >= 0.3 is 24.3 Å². The Labute approximate surface area is 107 Å². The van der Waals surface area contributed by atoms with Crippen molar-refractivity contribution >= 4 is 24.3 Å². The lowest BCUT2D eigenvalue weighted by molar-refractivity contribution is -0.149. The van der Waals surface area contributed by atoms with Gasteiger partial charge in [-0.25, -0.2) is 9.59 Å². The van der Waals surface area contributed by atoms with Crippen molar-refractivity contribution < 1.29 is 46.1 Å². The largest absolute Gasteiger partial charge is 0.478 e. The minimum atomic E-state index is -5.78. The summed E-state index contributed by atoms with van der Waals surface area (Å²) in [5.74, 6) is -4.81. The van der Waals surface area contributed by atoms with Crippen LogP contribution in [0.2, 0.25) is 0 Å². The molecule has 0 atom stereocenters. The van der Waals surface area contributed by atoms with Crippen LogP contribution >= 0.6 is 12.4 Å². The molecule has 2 N–H and O–H groups in total. The number of carboxylic acid groups (broad SMARTS) is 2. The van der Waals surface area contributed by atoms with Gasteiger partial charge in [0.15, 0.2) is 5.57 Å². The second-order valence-electron chi connectivity index (χ2n) is 2.76. The molecule has 0 saturated carbocycles. The molecule has 110 valence electrons. The maximum Gasteiger partial charge on any atom is 0.423 e. The minimum absolute atomic E-state index is 0. The first-order valence-electron chi connectivity index (χ1n) is 3.90. The Morgan fingerprint density at radius 1 is 0.842 bits per heavy atom. The maximum absolute atomic E-state index is 12.2. The van der Waals surface area contributed by atoms with Gasteiger partial charge in [0.2, 0.25) is 0 Å². The number of carboxylic acids is 2. The van der Waals surface area contributed by atoms with Gasteiger partial charge in [0.1, 0.15) is 0 Å². The molecule has 0 aliphatic heterocycles. The van der Waals surface area contributed by atoms with E-state index in [4.69, 9.17) is 10.2 Å². The van der Waals surface area contributed by atoms with Crippen LogP contribution in [0.25, 0.3) is 0 Å². The number of halogens is 7. The van der Waals surface area contributed by atoms with Crippen molar-refractivity contribution in [2.24, 2.45) is 0 Å². The van der Waals surface area contributed by atoms with E-state index in [0.29, 0.717) is 0 Å². The third kappa shape index (κ3) is 6.13. The van der Waals surface area contributed by atoms with Crippen LogP contribution in [0, 0.1) is 0 Å². The first-order valence-corrected chi connectivity index (χ1v) is 3.90. The summed E-state index contributed by atoms with van der Waals surface area (Å²) in [5, 5.41) is 16.2. The minimum Gasteiger partial charge on any atom is -0.478 e. The standard InChI is InChI=1S/C8H4F6O4.ClH/c9-7(10,11)3(1-2-4(15)16)5(6(17)18)8(12,13)14;/h1-2H,(H,15,16)(H,17,18);1H. The van der Waals surface area contributed by atoms with Crippen LogP contribution in [0.1, 0.15) is 0 Å². The molecular weight excluding hydrogens is 310 g/mol. The van der Waals surface area contributed by atoms with Crippen molar-refractivity contribution in [1.82, 2.24) is 0 Å². The molecule has 0 aromatic heterocycles. The summed E-state index contributed by atoms with van der Waals surface area (Å²) < 4.78 is 73.2. The van der Waals surface area contributed by atoms with Crippen LogP contribution in [0.4, 0.5) is 26.3 Å². The Hall–Kier alpha value is -1.71. The first-order chi connectivity index (χ1) is 7.87. The van der Waals surface area contributed by atoms with Gasteiger partial charge in [-0.3, -0.25) is 0 Å². The summed E-state index contributed by atoms with van der Waals surface area (Å²) >= 11 is 0. The molecule has 19 heavy (non-hydrogen) atoms. The molecular formula is C8H5ClF6O4. The fourth-order valence-electron chi connectivity index (χ4n) is 0.863. The van der Waals surface area contributed by atoms with E-state index in [1.54, 1.807) is 0 Å². The van der Waals surface area contributed by atoms with Gasteiger partial charge in [0.25, 0.3) is 0 Å². The fourth-order valence-corrected chi connectivity index (χ4v) is 0.863. The molecule has 0 rings (SSSR count). The van der Waals surface area contributed by atoms with Crippen molar-refractivity contribution in [2.45, 2.75) is 12.4 Å². The lowest BCUT2D eigenvalue weighted by atomic mass is 10.1. The Kier molecular flexibility index (Phi) is 6.67. The van der Waals surface area contributed by atoms with Crippen molar-refractivity contribution in [3.63, 3.8) is 0 Å². The third-order valence-corrected chi connectivity index (χ3v) is 1.46. The molecule has 11 heteroatoms. The lowest BCUT2D eigenvalue weighted by Gasteiger charge is -2.14. The summed E-state index contributed by atoms with van der Waals surface area (Å²) in [6.45, 7) is 0. The molecule has 0 fully saturated rings. The molecule has 0 amide bonds. The topological polar surface area (TPSA) is 74.6 Å². The predicted molar refractivity (Wildman–Crippen MR) is 50.8 cm³/mol. The summed E-state index contributed by atoms with van der Waals surface area (Å²) in [7, 11) is 0. The average Bonchev–Trinajstić information content (AvgIpc) is 2.06. The normalized spacial score (nSPS) is 13.8. The number of carbonyl (C=O) groups is 2. The van der Waals surface area contributed by atoms with Crippen LogP contribution in [0.3, 0.4) is 0 Å². The summed E-state index contributed by atoms with van der Waals surface area (Å²) in [6.07, 6.45) is -12.1. The molecule has 0 aromatic carbocycles. The van der Waals surface area contributed by atoms with E-state index < -0.39 is 41.5 Å². The Morgan fingerprint density at radius 3 is 1.47 bits per heavy atom. The van der Waals surface area contributed by atoms with Crippen LogP contribution in [-0.4, -0.2) is 34.5 Å². The smallest absolute Gasteiger partial charge is 0.423 e. The highest BCUT2D eigenvalue weighted by molar-refractivity contribution is 5.90. The average molecular weight is 315 g/mol. The van der Waals surface area contributed by atoms with Gasteiger partial charge in [-0.05, 0) is 6.08 Å². The molecule has 0 aliphatic carbocycles. The van der Waals surface area contributed by atoms with E-state index in [9.17, 15) is 35.9 Å². The summed E-state index contributed by atoms with van der Waals surface area (Å²) in [6, 6.07) is 0. The van der Waals surface area contributed by atoms with E-state index >= 15 is 0 Å². The number of hydrogen-bond acceptors (Lipinski definition) is 2. The van der Waals surface area contributed by atoms with Crippen LogP contribution in [0.5, 0.6) is 0 Å². The van der Waals surface area contributed by atoms with Gasteiger partial charge in [0, 0.05) is 6.08 Å². The molecule has 0 saturated heterocycles. The fraction of sp³-hybridized carbons (Fsp3) is 0.250. The third-order valence-electron chi connectivity index (χ3n) is 1.46. The molecule has 0 heterocycles. The molecule has 0 unspecified atom stereocenters. The number of aliphatic carboxylic acids is 2. The molecule has 0 radical (unpaired) electrons. The van der Waals surface area contributed by atoms with Crippen LogP contribution < -0.4 is 0 Å². The van der Waals surface area contributed by atoms with Crippen molar-refractivity contribution in [1.29, 1.82) is 0 Å². The number of allylic oxidation sites excluding steroid dienone is 2. The first kappa shape index (κ1) is 19.6. The van der Waals surface area contributed by atoms with Gasteiger partial charge in [0.05, 0.1) is 5.57 Å². The van der Waals surface area contributed by atoms with Crippen LogP contribution in [0.15, 0.2) is 23.3 Å². The van der Waals surface area contributed by atoms with Gasteiger partial charge in [-0.15, -0.1) is 12.4 Å². The number of hydrogen-bond donors (Lipinski definition) is 2. The predicted octanol–water partition coefficient (Wildman–Crippen LogP) is 2.55. The quantitative estimate of drug-likeness (QED) is 0.477. The lowest BCUT2D eigenvalue weighted by Crippen LogP contribution is -2.27. The summed E-state index contributed by atoms with van der Waals surface area (Å²) in [5.41, 5.74) is -5.47. The number of alkyl halides is 6. The van der Waals surface area contributed by atoms with E-state index in [0.717, 1.165) is 0 Å². The number of rotatable bonds is 3. The summed E-state index contributed by atoms with van der Waals surface area (Å²) in [4.78, 5) is 20.2. The second-order valence-corrected chi connectivity index (χ2v) is 2.76. The molecule has 0 aromatic rings. The Morgan fingerprint density at radius 2 is 1.26 bits per heavy atom. The second kappa shape index (κ2) is 6.45. The van der Waals surface area contributed by atoms with Crippen molar-refractivity contribution in [2.75, 3.05) is 0 Å². The van der Waals surface area contributed by atoms with Crippen molar-refractivity contribution in [3.05, 3.63) is 23.3 Å². The molecule has 0 aliphatic rings. The zero-order chi connectivity index (χ0) is 14.7. The monoisotopic (exact) mass is 314 g/mol. The molecule has 0 spiro atoms. The molecule has 4 nitrogen and oxygen atoms in total. The highest BCUT2D eigenvalue weighted by Crippen LogP contribution is 2.37. The van der Waals surface area contributed by atoms with Gasteiger partial charge in [-0.1, -0.05) is 0 Å².